The number of nitrogens with one attached hydrogen (secondary N) is 2. The number of benzene rings is 1. The molecule has 0 spiro atoms. The van der Waals surface area contributed by atoms with Gasteiger partial charge in [0.15, 0.2) is 5.65 Å². The Morgan fingerprint density at radius 3 is 2.79 bits per heavy atom. The van der Waals surface area contributed by atoms with Crippen molar-refractivity contribution in [2.45, 2.75) is 6.92 Å². The lowest BCUT2D eigenvalue weighted by Gasteiger charge is -2.04. The highest BCUT2D eigenvalue weighted by molar-refractivity contribution is 5.79. The third-order valence-electron chi connectivity index (χ3n) is 3.23. The maximum absolute atomic E-state index is 5.93. The molecule has 0 unspecified atom stereocenters. The molecule has 0 radical (unpaired) electrons. The molecule has 2 aromatic heterocycles. The lowest BCUT2D eigenvalue weighted by Crippen LogP contribution is -1.93. The Balaban J connectivity index is 2.18. The third-order valence-corrected chi connectivity index (χ3v) is 3.23. The number of aromatic amines is 1. The Morgan fingerprint density at radius 2 is 2.00 bits per heavy atom. The number of nitrogens with two attached hydrogens (primary N) is 1. The SMILES string of the molecule is CNc1ccc2[nH]c(-c3cccc(N)c3C)nc2n1. The summed E-state index contributed by atoms with van der Waals surface area (Å²) in [6.45, 7) is 1.99. The van der Waals surface area contributed by atoms with Crippen LogP contribution < -0.4 is 11.1 Å². The molecule has 0 saturated carbocycles. The number of pyridine rings is 1. The molecule has 0 aliphatic carbocycles. The molecular weight excluding hydrogens is 238 g/mol. The van der Waals surface area contributed by atoms with Crippen LogP contribution in [0.1, 0.15) is 5.56 Å². The minimum absolute atomic E-state index is 0.698. The standard InChI is InChI=1S/C14H15N5/c1-8-9(4-3-5-10(8)15)13-17-11-6-7-12(16-2)18-14(11)19-13/h3-7H,15H2,1-2H3,(H2,16,17,18,19). The number of aromatic nitrogens is 3. The lowest BCUT2D eigenvalue weighted by atomic mass is 10.1. The first-order valence-corrected chi connectivity index (χ1v) is 6.09. The summed E-state index contributed by atoms with van der Waals surface area (Å²) in [6.07, 6.45) is 0. The van der Waals surface area contributed by atoms with E-state index in [1.54, 1.807) is 0 Å². The van der Waals surface area contributed by atoms with E-state index in [9.17, 15) is 0 Å². The van der Waals surface area contributed by atoms with Gasteiger partial charge in [-0.15, -0.1) is 0 Å². The molecule has 0 aliphatic rings. The average molecular weight is 253 g/mol. The van der Waals surface area contributed by atoms with Crippen LogP contribution in [0.25, 0.3) is 22.6 Å². The monoisotopic (exact) mass is 253 g/mol. The molecule has 0 saturated heterocycles. The van der Waals surface area contributed by atoms with Crippen LogP contribution in [0, 0.1) is 6.92 Å². The summed E-state index contributed by atoms with van der Waals surface area (Å²) >= 11 is 0. The van der Waals surface area contributed by atoms with Crippen molar-refractivity contribution in [1.82, 2.24) is 15.0 Å². The summed E-state index contributed by atoms with van der Waals surface area (Å²) in [5.41, 5.74) is 10.3. The van der Waals surface area contributed by atoms with Gasteiger partial charge in [-0.3, -0.25) is 0 Å². The Hall–Kier alpha value is -2.56. The van der Waals surface area contributed by atoms with E-state index in [1.165, 1.54) is 0 Å². The van der Waals surface area contributed by atoms with Crippen molar-refractivity contribution < 1.29 is 0 Å². The predicted molar refractivity (Wildman–Crippen MR) is 78.0 cm³/mol. The fourth-order valence-corrected chi connectivity index (χ4v) is 2.07. The van der Waals surface area contributed by atoms with Gasteiger partial charge in [0.25, 0.3) is 0 Å². The fourth-order valence-electron chi connectivity index (χ4n) is 2.07. The summed E-state index contributed by atoms with van der Waals surface area (Å²) in [7, 11) is 1.84. The minimum atomic E-state index is 0.698. The van der Waals surface area contributed by atoms with Gasteiger partial charge in [0.1, 0.15) is 11.6 Å². The second kappa shape index (κ2) is 4.28. The van der Waals surface area contributed by atoms with Crippen LogP contribution in [0.2, 0.25) is 0 Å². The first kappa shape index (κ1) is 11.5. The largest absolute Gasteiger partial charge is 0.398 e. The summed E-state index contributed by atoms with van der Waals surface area (Å²) in [5.74, 6) is 1.59. The lowest BCUT2D eigenvalue weighted by molar-refractivity contribution is 1.27. The van der Waals surface area contributed by atoms with Gasteiger partial charge in [-0.25, -0.2) is 9.97 Å². The molecule has 3 aromatic rings. The van der Waals surface area contributed by atoms with E-state index < -0.39 is 0 Å². The Bertz CT molecular complexity index is 745. The molecule has 19 heavy (non-hydrogen) atoms. The summed E-state index contributed by atoms with van der Waals surface area (Å²) in [4.78, 5) is 12.2. The number of nitrogen functional groups attached to an aromatic ring is 1. The molecule has 0 fully saturated rings. The molecule has 0 atom stereocenters. The molecule has 0 amide bonds. The summed E-state index contributed by atoms with van der Waals surface area (Å²) in [6, 6.07) is 9.70. The van der Waals surface area contributed by atoms with Crippen LogP contribution in [0.15, 0.2) is 30.3 Å². The van der Waals surface area contributed by atoms with Crippen molar-refractivity contribution in [3.63, 3.8) is 0 Å². The van der Waals surface area contributed by atoms with Crippen molar-refractivity contribution in [2.75, 3.05) is 18.1 Å². The first-order chi connectivity index (χ1) is 9.19. The van der Waals surface area contributed by atoms with Crippen molar-refractivity contribution in [3.8, 4) is 11.4 Å². The molecule has 4 N–H and O–H groups in total. The molecule has 96 valence electrons. The van der Waals surface area contributed by atoms with Crippen molar-refractivity contribution >= 4 is 22.7 Å². The van der Waals surface area contributed by atoms with Gasteiger partial charge in [0.05, 0.1) is 5.52 Å². The third kappa shape index (κ3) is 1.89. The van der Waals surface area contributed by atoms with Gasteiger partial charge in [0.2, 0.25) is 0 Å². The van der Waals surface area contributed by atoms with Gasteiger partial charge < -0.3 is 16.0 Å². The molecule has 5 heteroatoms. The van der Waals surface area contributed by atoms with Gasteiger partial charge in [0, 0.05) is 18.3 Å². The maximum Gasteiger partial charge on any atom is 0.180 e. The van der Waals surface area contributed by atoms with Crippen LogP contribution in [0.3, 0.4) is 0 Å². The first-order valence-electron chi connectivity index (χ1n) is 6.09. The number of hydrogen-bond donors (Lipinski definition) is 3. The summed E-state index contributed by atoms with van der Waals surface area (Å²) in [5, 5.41) is 3.00. The molecule has 5 nitrogen and oxygen atoms in total. The van der Waals surface area contributed by atoms with Crippen molar-refractivity contribution in [1.29, 1.82) is 0 Å². The van der Waals surface area contributed by atoms with Gasteiger partial charge >= 0.3 is 0 Å². The van der Waals surface area contributed by atoms with Crippen LogP contribution in [0.4, 0.5) is 11.5 Å². The number of H-pyrrole nitrogens is 1. The smallest absolute Gasteiger partial charge is 0.180 e. The molecule has 1 aromatic carbocycles. The highest BCUT2D eigenvalue weighted by Gasteiger charge is 2.10. The average Bonchev–Trinajstić information content (AvgIpc) is 2.84. The highest BCUT2D eigenvalue weighted by atomic mass is 15.0. The Labute approximate surface area is 110 Å². The van der Waals surface area contributed by atoms with Crippen LogP contribution in [0.5, 0.6) is 0 Å². The Kier molecular flexibility index (Phi) is 2.59. The topological polar surface area (TPSA) is 79.6 Å². The second-order valence-corrected chi connectivity index (χ2v) is 4.42. The zero-order valence-electron chi connectivity index (χ0n) is 10.9. The molecule has 3 rings (SSSR count). The van der Waals surface area contributed by atoms with Crippen LogP contribution in [-0.2, 0) is 0 Å². The number of fused-ring (bicyclic) bond motifs is 1. The molecule has 2 heterocycles. The van der Waals surface area contributed by atoms with Gasteiger partial charge in [-0.2, -0.15) is 0 Å². The van der Waals surface area contributed by atoms with E-state index in [1.807, 2.05) is 44.3 Å². The second-order valence-electron chi connectivity index (χ2n) is 4.42. The van der Waals surface area contributed by atoms with E-state index in [-0.39, 0.29) is 0 Å². The number of nitrogens with zero attached hydrogens (tertiary/aromatic N) is 2. The summed E-state index contributed by atoms with van der Waals surface area (Å²) < 4.78 is 0. The van der Waals surface area contributed by atoms with Crippen molar-refractivity contribution in [3.05, 3.63) is 35.9 Å². The van der Waals surface area contributed by atoms with Crippen LogP contribution >= 0.6 is 0 Å². The van der Waals surface area contributed by atoms with E-state index in [4.69, 9.17) is 5.73 Å². The Morgan fingerprint density at radius 1 is 1.16 bits per heavy atom. The normalized spacial score (nSPS) is 10.8. The van der Waals surface area contributed by atoms with E-state index >= 15 is 0 Å². The zero-order chi connectivity index (χ0) is 13.4. The number of imidazole rings is 1. The zero-order valence-corrected chi connectivity index (χ0v) is 10.9. The van der Waals surface area contributed by atoms with Crippen molar-refractivity contribution in [2.24, 2.45) is 0 Å². The molecular formula is C14H15N5. The van der Waals surface area contributed by atoms with Gasteiger partial charge in [-0.05, 0) is 30.7 Å². The van der Waals surface area contributed by atoms with E-state index in [0.717, 1.165) is 34.0 Å². The number of rotatable bonds is 2. The molecule has 0 aliphatic heterocycles. The quantitative estimate of drug-likeness (QED) is 0.613. The maximum atomic E-state index is 5.93. The number of anilines is 2. The van der Waals surface area contributed by atoms with Crippen LogP contribution in [-0.4, -0.2) is 22.0 Å². The predicted octanol–water partition coefficient (Wildman–Crippen LogP) is 2.56. The van der Waals surface area contributed by atoms with E-state index in [2.05, 4.69) is 20.3 Å². The van der Waals surface area contributed by atoms with Gasteiger partial charge in [-0.1, -0.05) is 12.1 Å². The minimum Gasteiger partial charge on any atom is -0.398 e. The molecule has 0 bridgehead atoms. The number of hydrogen-bond acceptors (Lipinski definition) is 4. The fraction of sp³-hybridized carbons (Fsp3) is 0.143. The highest BCUT2D eigenvalue weighted by Crippen LogP contribution is 2.26. The van der Waals surface area contributed by atoms with E-state index in [0.29, 0.717) is 5.65 Å².